The van der Waals surface area contributed by atoms with Crippen LogP contribution in [0.25, 0.3) is 0 Å². The van der Waals surface area contributed by atoms with Crippen LogP contribution < -0.4 is 4.31 Å². The molecule has 0 saturated carbocycles. The molecular weight excluding hydrogens is 370 g/mol. The Morgan fingerprint density at radius 1 is 0.846 bits per heavy atom. The van der Waals surface area contributed by atoms with Crippen LogP contribution in [0.15, 0.2) is 88.7 Å². The number of para-hydroxylation sites is 2. The van der Waals surface area contributed by atoms with Gasteiger partial charge in [-0.2, -0.15) is 0 Å². The molecule has 26 heavy (non-hydrogen) atoms. The molecule has 0 aromatic heterocycles. The quantitative estimate of drug-likeness (QED) is 0.646. The Balaban J connectivity index is 2.22. The first-order valence-electron chi connectivity index (χ1n) is 7.62. The van der Waals surface area contributed by atoms with Gasteiger partial charge in [0.1, 0.15) is 0 Å². The molecule has 1 N–H and O–H groups in total. The Hall–Kier alpha value is -2.77. The van der Waals surface area contributed by atoms with E-state index in [0.29, 0.717) is 11.4 Å². The zero-order chi connectivity index (χ0) is 18.7. The molecule has 3 aromatic rings. The molecule has 5 nitrogen and oxygen atoms in total. The molecule has 0 aliphatic rings. The van der Waals surface area contributed by atoms with E-state index in [4.69, 9.17) is 0 Å². The summed E-state index contributed by atoms with van der Waals surface area (Å²) >= 11 is 4.15. The zero-order valence-corrected chi connectivity index (χ0v) is 15.2. The van der Waals surface area contributed by atoms with E-state index in [1.165, 1.54) is 16.4 Å². The van der Waals surface area contributed by atoms with Gasteiger partial charge in [0.15, 0.2) is 0 Å². The second kappa shape index (κ2) is 7.23. The zero-order valence-electron chi connectivity index (χ0n) is 13.5. The number of anilines is 2. The third-order valence-electron chi connectivity index (χ3n) is 3.66. The molecule has 0 spiro atoms. The first-order chi connectivity index (χ1) is 12.4. The van der Waals surface area contributed by atoms with Gasteiger partial charge in [-0.3, -0.25) is 0 Å². The summed E-state index contributed by atoms with van der Waals surface area (Å²) < 4.78 is 27.9. The van der Waals surface area contributed by atoms with Gasteiger partial charge >= 0.3 is 5.97 Å². The molecule has 132 valence electrons. The van der Waals surface area contributed by atoms with Crippen LogP contribution in [0.1, 0.15) is 10.4 Å². The summed E-state index contributed by atoms with van der Waals surface area (Å²) in [5.74, 6) is -1.22. The lowest BCUT2D eigenvalue weighted by molar-refractivity contribution is 0.0696. The van der Waals surface area contributed by atoms with Crippen molar-refractivity contribution in [2.24, 2.45) is 0 Å². The average molecular weight is 385 g/mol. The molecule has 0 amide bonds. The van der Waals surface area contributed by atoms with Crippen molar-refractivity contribution in [3.05, 3.63) is 84.4 Å². The molecule has 0 heterocycles. The fourth-order valence-electron chi connectivity index (χ4n) is 2.51. The molecule has 3 aromatic carbocycles. The molecule has 0 aliphatic carbocycles. The summed E-state index contributed by atoms with van der Waals surface area (Å²) in [6.07, 6.45) is 0. The van der Waals surface area contributed by atoms with Crippen molar-refractivity contribution in [1.82, 2.24) is 0 Å². The summed E-state index contributed by atoms with van der Waals surface area (Å²) in [5.41, 5.74) is 0.748. The van der Waals surface area contributed by atoms with Crippen LogP contribution >= 0.6 is 12.6 Å². The minimum absolute atomic E-state index is 0.142. The van der Waals surface area contributed by atoms with Gasteiger partial charge in [-0.25, -0.2) is 17.5 Å². The molecule has 3 rings (SSSR count). The van der Waals surface area contributed by atoms with Crippen molar-refractivity contribution in [3.8, 4) is 0 Å². The third-order valence-corrected chi connectivity index (χ3v) is 5.65. The van der Waals surface area contributed by atoms with Crippen molar-refractivity contribution >= 4 is 40.0 Å². The molecule has 7 heteroatoms. The van der Waals surface area contributed by atoms with Crippen molar-refractivity contribution in [2.45, 2.75) is 9.79 Å². The van der Waals surface area contributed by atoms with E-state index >= 15 is 0 Å². The number of sulfonamides is 1. The van der Waals surface area contributed by atoms with Gasteiger partial charge in [0.25, 0.3) is 10.0 Å². The summed E-state index contributed by atoms with van der Waals surface area (Å²) in [6, 6.07) is 21.0. The van der Waals surface area contributed by atoms with Gasteiger partial charge in [-0.1, -0.05) is 36.4 Å². The monoisotopic (exact) mass is 385 g/mol. The van der Waals surface area contributed by atoms with Crippen molar-refractivity contribution in [3.63, 3.8) is 0 Å². The van der Waals surface area contributed by atoms with E-state index in [-0.39, 0.29) is 15.4 Å². The molecule has 0 unspecified atom stereocenters. The number of nitrogens with zero attached hydrogens (tertiary/aromatic N) is 1. The number of benzene rings is 3. The van der Waals surface area contributed by atoms with E-state index in [9.17, 15) is 18.3 Å². The lowest BCUT2D eigenvalue weighted by Gasteiger charge is -2.25. The Morgan fingerprint density at radius 3 is 1.81 bits per heavy atom. The van der Waals surface area contributed by atoms with E-state index < -0.39 is 16.0 Å². The number of carbonyl (C=O) groups is 1. The number of carboxylic acid groups (broad SMARTS) is 1. The van der Waals surface area contributed by atoms with E-state index in [2.05, 4.69) is 12.6 Å². The van der Waals surface area contributed by atoms with Crippen LogP contribution in [0.3, 0.4) is 0 Å². The van der Waals surface area contributed by atoms with Crippen molar-refractivity contribution < 1.29 is 18.3 Å². The second-order valence-electron chi connectivity index (χ2n) is 5.46. The predicted molar refractivity (Wildman–Crippen MR) is 103 cm³/mol. The second-order valence-corrected chi connectivity index (χ2v) is 7.76. The lowest BCUT2D eigenvalue weighted by Crippen LogP contribution is -2.26. The van der Waals surface area contributed by atoms with Gasteiger partial charge in [-0.15, -0.1) is 12.6 Å². The lowest BCUT2D eigenvalue weighted by atomic mass is 10.2. The molecule has 0 saturated heterocycles. The summed E-state index contributed by atoms with van der Waals surface area (Å²) in [6.45, 7) is 0. The number of aromatic carboxylic acids is 1. The van der Waals surface area contributed by atoms with Gasteiger partial charge in [0, 0.05) is 4.90 Å². The van der Waals surface area contributed by atoms with Gasteiger partial charge in [0.2, 0.25) is 0 Å². The number of hydrogen-bond donors (Lipinski definition) is 2. The maximum absolute atomic E-state index is 13.4. The van der Waals surface area contributed by atoms with Crippen LogP contribution in [0.5, 0.6) is 0 Å². The highest BCUT2D eigenvalue weighted by Crippen LogP contribution is 2.33. The highest BCUT2D eigenvalue weighted by molar-refractivity contribution is 7.93. The number of hydrogen-bond acceptors (Lipinski definition) is 4. The van der Waals surface area contributed by atoms with Crippen molar-refractivity contribution in [1.29, 1.82) is 0 Å². The van der Waals surface area contributed by atoms with Gasteiger partial charge in [0.05, 0.1) is 21.8 Å². The molecule has 0 bridgehead atoms. The molecule has 0 aliphatic heterocycles. The SMILES string of the molecule is O=C(O)c1cc(S)cc(S(=O)(=O)N(c2ccccc2)c2ccccc2)c1. The Morgan fingerprint density at radius 2 is 1.35 bits per heavy atom. The highest BCUT2D eigenvalue weighted by Gasteiger charge is 2.27. The Kier molecular flexibility index (Phi) is 5.01. The van der Waals surface area contributed by atoms with E-state index in [1.807, 2.05) is 0 Å². The molecule has 0 fully saturated rings. The Bertz CT molecular complexity index is 996. The number of rotatable bonds is 5. The maximum atomic E-state index is 13.4. The smallest absolute Gasteiger partial charge is 0.335 e. The first kappa shape index (κ1) is 18.0. The normalized spacial score (nSPS) is 11.1. The third kappa shape index (κ3) is 3.58. The van der Waals surface area contributed by atoms with Gasteiger partial charge in [-0.05, 0) is 42.5 Å². The minimum Gasteiger partial charge on any atom is -0.478 e. The first-order valence-corrected chi connectivity index (χ1v) is 9.51. The minimum atomic E-state index is -4.06. The summed E-state index contributed by atoms with van der Waals surface area (Å²) in [7, 11) is -4.06. The predicted octanol–water partition coefficient (Wildman–Crippen LogP) is 4.20. The van der Waals surface area contributed by atoms with E-state index in [1.54, 1.807) is 60.7 Å². The average Bonchev–Trinajstić information content (AvgIpc) is 2.63. The van der Waals surface area contributed by atoms with Crippen LogP contribution in [-0.2, 0) is 10.0 Å². The summed E-state index contributed by atoms with van der Waals surface area (Å²) in [4.78, 5) is 11.4. The summed E-state index contributed by atoms with van der Waals surface area (Å²) in [5, 5.41) is 9.23. The molecule has 0 atom stereocenters. The highest BCUT2D eigenvalue weighted by atomic mass is 32.2. The number of carboxylic acids is 1. The van der Waals surface area contributed by atoms with Crippen LogP contribution in [0.4, 0.5) is 11.4 Å². The topological polar surface area (TPSA) is 74.7 Å². The van der Waals surface area contributed by atoms with E-state index in [0.717, 1.165) is 6.07 Å². The Labute approximate surface area is 157 Å². The maximum Gasteiger partial charge on any atom is 0.335 e. The number of thiol groups is 1. The fraction of sp³-hybridized carbons (Fsp3) is 0. The molecule has 0 radical (unpaired) electrons. The largest absolute Gasteiger partial charge is 0.478 e. The van der Waals surface area contributed by atoms with Crippen LogP contribution in [0.2, 0.25) is 0 Å². The molecular formula is C19H15NO4S2. The fourth-order valence-corrected chi connectivity index (χ4v) is 4.44. The van der Waals surface area contributed by atoms with Crippen molar-refractivity contribution in [2.75, 3.05) is 4.31 Å². The van der Waals surface area contributed by atoms with Crippen LogP contribution in [-0.4, -0.2) is 19.5 Å². The standard InChI is InChI=1S/C19H15NO4S2/c21-19(22)14-11-17(25)13-18(12-14)26(23,24)20(15-7-3-1-4-8-15)16-9-5-2-6-10-16/h1-13,25H,(H,21,22). The van der Waals surface area contributed by atoms with Gasteiger partial charge < -0.3 is 5.11 Å². The van der Waals surface area contributed by atoms with Crippen LogP contribution in [0, 0.1) is 0 Å².